The number of aromatic carboxylic acids is 1. The van der Waals surface area contributed by atoms with Crippen LogP contribution >= 0.6 is 0 Å². The van der Waals surface area contributed by atoms with E-state index < -0.39 is 23.8 Å². The molecule has 1 unspecified atom stereocenters. The number of aryl methyl sites for hydroxylation is 1. The molecule has 4 aromatic rings. The predicted molar refractivity (Wildman–Crippen MR) is 161 cm³/mol. The summed E-state index contributed by atoms with van der Waals surface area (Å²) in [5, 5.41) is 11.9. The number of carbonyl (C=O) groups is 2. The molecule has 0 aromatic heterocycles. The van der Waals surface area contributed by atoms with Crippen LogP contribution in [0.2, 0.25) is 0 Å². The molecule has 5 rings (SSSR count). The molecule has 4 aromatic carbocycles. The number of amides is 1. The number of carboxylic acid groups (broad SMARTS) is 1. The van der Waals surface area contributed by atoms with Crippen molar-refractivity contribution in [1.29, 1.82) is 0 Å². The number of rotatable bonds is 6. The molecule has 6 heteroatoms. The average Bonchev–Trinajstić information content (AvgIpc) is 2.94. The van der Waals surface area contributed by atoms with Crippen LogP contribution in [0.5, 0.6) is 5.75 Å². The predicted octanol–water partition coefficient (Wildman–Crippen LogP) is 8.04. The average molecular weight is 550 g/mol. The fraction of sp³-hybridized carbons (Fsp3) is 0.257. The molecule has 6 nitrogen and oxygen atoms in total. The monoisotopic (exact) mass is 549 g/mol. The molecule has 0 aliphatic carbocycles. The van der Waals surface area contributed by atoms with E-state index in [-0.39, 0.29) is 18.2 Å². The van der Waals surface area contributed by atoms with E-state index in [0.717, 1.165) is 33.0 Å². The maximum atomic E-state index is 13.7. The Morgan fingerprint density at radius 3 is 2.44 bits per heavy atom. The largest absolute Gasteiger partial charge is 0.484 e. The number of hydrogen-bond acceptors (Lipinski definition) is 4. The van der Waals surface area contributed by atoms with Gasteiger partial charge in [-0.1, -0.05) is 72.8 Å². The summed E-state index contributed by atoms with van der Waals surface area (Å²) in [5.74, 6) is -0.295. The third-order valence-corrected chi connectivity index (χ3v) is 7.33. The topological polar surface area (TPSA) is 76.1 Å². The third kappa shape index (κ3) is 5.97. The van der Waals surface area contributed by atoms with Gasteiger partial charge in [-0.2, -0.15) is 0 Å². The van der Waals surface area contributed by atoms with Crippen molar-refractivity contribution in [3.05, 3.63) is 119 Å². The fourth-order valence-electron chi connectivity index (χ4n) is 5.31. The summed E-state index contributed by atoms with van der Waals surface area (Å²) >= 11 is 0. The van der Waals surface area contributed by atoms with E-state index in [0.29, 0.717) is 11.3 Å². The van der Waals surface area contributed by atoms with Crippen LogP contribution in [0.1, 0.15) is 66.3 Å². The summed E-state index contributed by atoms with van der Waals surface area (Å²) in [6, 6.07) is 27.1. The molecule has 210 valence electrons. The second-order valence-corrected chi connectivity index (χ2v) is 11.4. The zero-order chi connectivity index (χ0) is 29.3. The van der Waals surface area contributed by atoms with Crippen LogP contribution in [0.4, 0.5) is 4.79 Å². The number of carboxylic acids is 1. The normalized spacial score (nSPS) is 15.3. The lowest BCUT2D eigenvalue weighted by molar-refractivity contribution is 0.0110. The molecular weight excluding hydrogens is 514 g/mol. The van der Waals surface area contributed by atoms with E-state index in [1.807, 2.05) is 94.4 Å². The van der Waals surface area contributed by atoms with Gasteiger partial charge in [0.05, 0.1) is 18.2 Å². The minimum atomic E-state index is -0.971. The van der Waals surface area contributed by atoms with Crippen LogP contribution in [0.3, 0.4) is 0 Å². The molecule has 1 amide bonds. The summed E-state index contributed by atoms with van der Waals surface area (Å²) in [7, 11) is 0. The van der Waals surface area contributed by atoms with Crippen LogP contribution < -0.4 is 4.74 Å². The van der Waals surface area contributed by atoms with Gasteiger partial charge in [0, 0.05) is 5.56 Å². The van der Waals surface area contributed by atoms with Crippen LogP contribution in [-0.2, 0) is 4.74 Å². The molecule has 1 aliphatic rings. The second kappa shape index (κ2) is 11.1. The minimum Gasteiger partial charge on any atom is -0.484 e. The van der Waals surface area contributed by atoms with E-state index in [4.69, 9.17) is 9.47 Å². The molecule has 1 heterocycles. The maximum Gasteiger partial charge on any atom is 0.410 e. The highest BCUT2D eigenvalue weighted by molar-refractivity contribution is 5.93. The maximum absolute atomic E-state index is 13.7. The van der Waals surface area contributed by atoms with Crippen molar-refractivity contribution < 1.29 is 24.2 Å². The van der Waals surface area contributed by atoms with Crippen molar-refractivity contribution >= 4 is 28.4 Å². The van der Waals surface area contributed by atoms with E-state index in [9.17, 15) is 14.7 Å². The summed E-state index contributed by atoms with van der Waals surface area (Å²) in [5.41, 5.74) is 3.79. The first-order valence-electron chi connectivity index (χ1n) is 13.8. The number of carbonyl (C=O) groups excluding carboxylic acids is 1. The highest BCUT2D eigenvalue weighted by Gasteiger charge is 2.32. The zero-order valence-corrected chi connectivity index (χ0v) is 24.0. The van der Waals surface area contributed by atoms with Crippen molar-refractivity contribution in [3.63, 3.8) is 0 Å². The summed E-state index contributed by atoms with van der Waals surface area (Å²) < 4.78 is 12.3. The molecule has 0 spiro atoms. The van der Waals surface area contributed by atoms with Gasteiger partial charge in [0.2, 0.25) is 0 Å². The summed E-state index contributed by atoms with van der Waals surface area (Å²) in [4.78, 5) is 27.3. The van der Waals surface area contributed by atoms with Crippen molar-refractivity contribution in [2.24, 2.45) is 0 Å². The first-order valence-corrected chi connectivity index (χ1v) is 13.8. The van der Waals surface area contributed by atoms with E-state index in [1.165, 1.54) is 0 Å². The quantitative estimate of drug-likeness (QED) is 0.263. The van der Waals surface area contributed by atoms with Crippen molar-refractivity contribution in [3.8, 4) is 5.75 Å². The molecule has 1 aliphatic heterocycles. The SMILES string of the molecule is Cc1ccc(C2=C[C@H](CN(C(=O)OC(C)(C)C)C(C)c3cccc4ccccc34)Oc3ccccc32)cc1C(=O)O. The molecule has 0 saturated carbocycles. The molecule has 2 atom stereocenters. The number of ether oxygens (including phenoxy) is 2. The Bertz CT molecular complexity index is 1640. The number of nitrogens with zero attached hydrogens (tertiary/aromatic N) is 1. The Morgan fingerprint density at radius 1 is 0.976 bits per heavy atom. The Morgan fingerprint density at radius 2 is 1.68 bits per heavy atom. The van der Waals surface area contributed by atoms with Gasteiger partial charge >= 0.3 is 12.1 Å². The molecule has 41 heavy (non-hydrogen) atoms. The second-order valence-electron chi connectivity index (χ2n) is 11.4. The Kier molecular flexibility index (Phi) is 7.59. The van der Waals surface area contributed by atoms with Crippen LogP contribution in [0.25, 0.3) is 16.3 Å². The summed E-state index contributed by atoms with van der Waals surface area (Å²) in [6.45, 7) is 9.59. The first kappa shape index (κ1) is 28.0. The van der Waals surface area contributed by atoms with Crippen molar-refractivity contribution in [2.75, 3.05) is 6.54 Å². The van der Waals surface area contributed by atoms with Crippen molar-refractivity contribution in [1.82, 2.24) is 4.90 Å². The van der Waals surface area contributed by atoms with Gasteiger partial charge in [0.25, 0.3) is 0 Å². The minimum absolute atomic E-state index is 0.231. The van der Waals surface area contributed by atoms with Crippen LogP contribution in [0, 0.1) is 6.92 Å². The lowest BCUT2D eigenvalue weighted by Crippen LogP contribution is -2.44. The van der Waals surface area contributed by atoms with Gasteiger partial charge in [0.1, 0.15) is 17.5 Å². The van der Waals surface area contributed by atoms with E-state index in [1.54, 1.807) is 17.9 Å². The van der Waals surface area contributed by atoms with Gasteiger partial charge in [0.15, 0.2) is 0 Å². The smallest absolute Gasteiger partial charge is 0.410 e. The van der Waals surface area contributed by atoms with Gasteiger partial charge < -0.3 is 14.6 Å². The third-order valence-electron chi connectivity index (χ3n) is 7.33. The molecule has 0 bridgehead atoms. The molecular formula is C35H35NO5. The highest BCUT2D eigenvalue weighted by atomic mass is 16.6. The van der Waals surface area contributed by atoms with Gasteiger partial charge in [-0.05, 0) is 85.9 Å². The summed E-state index contributed by atoms with van der Waals surface area (Å²) in [6.07, 6.45) is 1.05. The van der Waals surface area contributed by atoms with Crippen LogP contribution in [0.15, 0.2) is 91.0 Å². The lowest BCUT2D eigenvalue weighted by atomic mass is 9.91. The molecule has 0 fully saturated rings. The standard InChI is InChI=1S/C35H35NO5/c1-22-17-18-25(19-30(22)33(37)38)31-20-26(40-32-16-9-8-14-29(31)32)21-36(34(39)41-35(3,4)5)23(2)27-15-10-12-24-11-6-7-13-28(24)27/h6-20,23,26H,21H2,1-5H3,(H,37,38)/t23?,26-/m1/s1. The number of fused-ring (bicyclic) bond motifs is 2. The van der Waals surface area contributed by atoms with Crippen molar-refractivity contribution in [2.45, 2.75) is 52.4 Å². The van der Waals surface area contributed by atoms with Gasteiger partial charge in [-0.15, -0.1) is 0 Å². The molecule has 0 radical (unpaired) electrons. The first-order chi connectivity index (χ1) is 19.5. The van der Waals surface area contributed by atoms with E-state index in [2.05, 4.69) is 18.2 Å². The fourth-order valence-corrected chi connectivity index (χ4v) is 5.31. The number of benzene rings is 4. The highest BCUT2D eigenvalue weighted by Crippen LogP contribution is 2.38. The Labute approximate surface area is 240 Å². The number of para-hydroxylation sites is 1. The van der Waals surface area contributed by atoms with E-state index >= 15 is 0 Å². The van der Waals surface area contributed by atoms with Gasteiger partial charge in [-0.3, -0.25) is 4.90 Å². The molecule has 1 N–H and O–H groups in total. The number of hydrogen-bond donors (Lipinski definition) is 1. The Balaban J connectivity index is 1.57. The van der Waals surface area contributed by atoms with Crippen LogP contribution in [-0.4, -0.2) is 40.3 Å². The lowest BCUT2D eigenvalue weighted by Gasteiger charge is -2.35. The zero-order valence-electron chi connectivity index (χ0n) is 24.0. The van der Waals surface area contributed by atoms with Gasteiger partial charge in [-0.25, -0.2) is 9.59 Å². The Hall–Kier alpha value is -4.58. The molecule has 0 saturated heterocycles.